The average molecular weight is 320 g/mol. The molecule has 0 aliphatic heterocycles. The number of anilines is 1. The molecule has 1 aromatic heterocycles. The molecule has 0 spiro atoms. The molecule has 0 amide bonds. The number of hydrogen-bond donors (Lipinski definition) is 2. The number of H-pyrrole nitrogens is 1. The highest BCUT2D eigenvalue weighted by atomic mass is 35.5. The van der Waals surface area contributed by atoms with Gasteiger partial charge in [0.15, 0.2) is 0 Å². The van der Waals surface area contributed by atoms with Crippen molar-refractivity contribution in [2.24, 2.45) is 0 Å². The molecule has 5 nitrogen and oxygen atoms in total. The second-order valence-electron chi connectivity index (χ2n) is 4.07. The summed E-state index contributed by atoms with van der Waals surface area (Å²) in [5.41, 5.74) is -2.79. The number of benzene rings is 1. The van der Waals surface area contributed by atoms with Crippen molar-refractivity contribution in [3.63, 3.8) is 0 Å². The van der Waals surface area contributed by atoms with Gasteiger partial charge < -0.3 is 5.32 Å². The first-order chi connectivity index (χ1) is 9.75. The Hall–Kier alpha value is -2.22. The fraction of sp³-hybridized carbons (Fsp3) is 0.167. The number of hydrogen-bond acceptors (Lipinski definition) is 3. The van der Waals surface area contributed by atoms with Crippen molar-refractivity contribution in [2.75, 3.05) is 12.4 Å². The lowest BCUT2D eigenvalue weighted by Crippen LogP contribution is -2.30. The van der Waals surface area contributed by atoms with E-state index >= 15 is 0 Å². The zero-order valence-electron chi connectivity index (χ0n) is 10.6. The van der Waals surface area contributed by atoms with Crippen LogP contribution in [-0.4, -0.2) is 16.8 Å². The monoisotopic (exact) mass is 319 g/mol. The maximum absolute atomic E-state index is 12.7. The fourth-order valence-corrected chi connectivity index (χ4v) is 2.00. The Bertz CT molecular complexity index is 796. The lowest BCUT2D eigenvalue weighted by molar-refractivity contribution is -0.137. The van der Waals surface area contributed by atoms with Gasteiger partial charge in [0.2, 0.25) is 0 Å². The van der Waals surface area contributed by atoms with Gasteiger partial charge in [-0.05, 0) is 18.2 Å². The van der Waals surface area contributed by atoms with E-state index in [-0.39, 0.29) is 11.4 Å². The van der Waals surface area contributed by atoms with Gasteiger partial charge in [0, 0.05) is 7.05 Å². The molecule has 2 aromatic rings. The quantitative estimate of drug-likeness (QED) is 0.892. The van der Waals surface area contributed by atoms with Gasteiger partial charge in [0.25, 0.3) is 11.1 Å². The molecule has 1 aromatic carbocycles. The second kappa shape index (κ2) is 5.28. The Kier molecular flexibility index (Phi) is 3.82. The van der Waals surface area contributed by atoms with E-state index in [4.69, 9.17) is 11.6 Å². The lowest BCUT2D eigenvalue weighted by atomic mass is 10.2. The summed E-state index contributed by atoms with van der Waals surface area (Å²) in [6.45, 7) is 0. The third-order valence-electron chi connectivity index (χ3n) is 2.73. The first kappa shape index (κ1) is 15.2. The highest BCUT2D eigenvalue weighted by molar-refractivity contribution is 6.32. The summed E-state index contributed by atoms with van der Waals surface area (Å²) in [6.07, 6.45) is -4.56. The van der Waals surface area contributed by atoms with Crippen LogP contribution in [0.4, 0.5) is 18.9 Å². The summed E-state index contributed by atoms with van der Waals surface area (Å²) in [4.78, 5) is 23.7. The van der Waals surface area contributed by atoms with Crippen LogP contribution in [-0.2, 0) is 6.18 Å². The van der Waals surface area contributed by atoms with E-state index in [1.165, 1.54) is 13.1 Å². The number of aromatic amines is 1. The van der Waals surface area contributed by atoms with E-state index in [2.05, 4.69) is 10.4 Å². The molecule has 21 heavy (non-hydrogen) atoms. The van der Waals surface area contributed by atoms with Crippen LogP contribution in [0.2, 0.25) is 5.02 Å². The maximum Gasteiger partial charge on any atom is 0.416 e. The van der Waals surface area contributed by atoms with Crippen LogP contribution in [0.5, 0.6) is 0 Å². The zero-order chi connectivity index (χ0) is 15.8. The summed E-state index contributed by atoms with van der Waals surface area (Å²) in [5, 5.41) is 4.21. The minimum absolute atomic E-state index is 0.142. The first-order valence-corrected chi connectivity index (χ1v) is 6.03. The lowest BCUT2D eigenvalue weighted by Gasteiger charge is -2.11. The van der Waals surface area contributed by atoms with Crippen LogP contribution in [0.15, 0.2) is 33.9 Å². The molecule has 0 bridgehead atoms. The Morgan fingerprint density at radius 3 is 2.52 bits per heavy atom. The molecule has 9 heteroatoms. The van der Waals surface area contributed by atoms with Gasteiger partial charge in [0.05, 0.1) is 11.3 Å². The van der Waals surface area contributed by atoms with Gasteiger partial charge in [-0.1, -0.05) is 17.7 Å². The van der Waals surface area contributed by atoms with Crippen molar-refractivity contribution >= 4 is 17.3 Å². The summed E-state index contributed by atoms with van der Waals surface area (Å²) >= 11 is 5.75. The summed E-state index contributed by atoms with van der Waals surface area (Å²) in [6, 6.07) is 3.98. The summed E-state index contributed by atoms with van der Waals surface area (Å²) in [5.74, 6) is 0. The molecule has 0 saturated carbocycles. The topological polar surface area (TPSA) is 66.9 Å². The normalized spacial score (nSPS) is 11.5. The van der Waals surface area contributed by atoms with Gasteiger partial charge in [-0.2, -0.15) is 13.2 Å². The third-order valence-corrected chi connectivity index (χ3v) is 3.08. The molecular weight excluding hydrogens is 311 g/mol. The summed E-state index contributed by atoms with van der Waals surface area (Å²) in [7, 11) is 1.39. The van der Waals surface area contributed by atoms with E-state index < -0.39 is 27.9 Å². The molecule has 0 radical (unpaired) electrons. The molecule has 112 valence electrons. The molecule has 0 aliphatic rings. The van der Waals surface area contributed by atoms with Crippen molar-refractivity contribution < 1.29 is 13.2 Å². The van der Waals surface area contributed by atoms with Gasteiger partial charge in [-0.15, -0.1) is 0 Å². The van der Waals surface area contributed by atoms with E-state index in [1.807, 2.05) is 0 Å². The van der Waals surface area contributed by atoms with E-state index in [0.29, 0.717) is 4.68 Å². The molecule has 2 N–H and O–H groups in total. The maximum atomic E-state index is 12.7. The fourth-order valence-electron chi connectivity index (χ4n) is 1.74. The number of nitrogens with zero attached hydrogens (tertiary/aromatic N) is 1. The minimum Gasteiger partial charge on any atom is -0.382 e. The van der Waals surface area contributed by atoms with Crippen LogP contribution in [0.25, 0.3) is 5.69 Å². The van der Waals surface area contributed by atoms with Gasteiger partial charge in [-0.25, -0.2) is 4.68 Å². The largest absolute Gasteiger partial charge is 0.416 e. The van der Waals surface area contributed by atoms with Crippen LogP contribution >= 0.6 is 11.6 Å². The van der Waals surface area contributed by atoms with E-state index in [0.717, 1.165) is 18.2 Å². The smallest absolute Gasteiger partial charge is 0.382 e. The van der Waals surface area contributed by atoms with Gasteiger partial charge in [0.1, 0.15) is 10.7 Å². The predicted octanol–water partition coefficient (Wildman–Crippen LogP) is 2.24. The molecule has 0 saturated heterocycles. The number of halogens is 4. The predicted molar refractivity (Wildman–Crippen MR) is 72.2 cm³/mol. The van der Waals surface area contributed by atoms with Gasteiger partial charge >= 0.3 is 6.18 Å². The highest BCUT2D eigenvalue weighted by Gasteiger charge is 2.30. The van der Waals surface area contributed by atoms with E-state index in [9.17, 15) is 22.8 Å². The minimum atomic E-state index is -4.56. The molecular formula is C12H9ClF3N3O2. The number of alkyl halides is 3. The van der Waals surface area contributed by atoms with Crippen LogP contribution in [0, 0.1) is 0 Å². The molecule has 0 fully saturated rings. The van der Waals surface area contributed by atoms with Crippen molar-refractivity contribution in [3.8, 4) is 5.69 Å². The van der Waals surface area contributed by atoms with Crippen LogP contribution < -0.4 is 16.4 Å². The van der Waals surface area contributed by atoms with Crippen LogP contribution in [0.1, 0.15) is 5.56 Å². The molecule has 0 unspecified atom stereocenters. The third kappa shape index (κ3) is 2.80. The number of rotatable bonds is 2. The first-order valence-electron chi connectivity index (χ1n) is 5.66. The zero-order valence-corrected chi connectivity index (χ0v) is 11.3. The molecule has 2 rings (SSSR count). The second-order valence-corrected chi connectivity index (χ2v) is 4.45. The molecule has 1 heterocycles. The highest BCUT2D eigenvalue weighted by Crippen LogP contribution is 2.30. The van der Waals surface area contributed by atoms with Crippen molar-refractivity contribution in [1.29, 1.82) is 0 Å². The van der Waals surface area contributed by atoms with Gasteiger partial charge in [-0.3, -0.25) is 14.7 Å². The molecule has 0 atom stereocenters. The average Bonchev–Trinajstić information content (AvgIpc) is 2.42. The Labute approximate surface area is 121 Å². The van der Waals surface area contributed by atoms with Crippen molar-refractivity contribution in [3.05, 3.63) is 55.6 Å². The van der Waals surface area contributed by atoms with Crippen molar-refractivity contribution in [2.45, 2.75) is 6.18 Å². The van der Waals surface area contributed by atoms with Crippen molar-refractivity contribution in [1.82, 2.24) is 9.78 Å². The standard InChI is InChI=1S/C12H9ClF3N3O2/c1-17-9-8(13)11(21)19(18-10(9)20)7-4-2-3-6(5-7)12(14,15)16/h2-5,17H,1H3,(H,18,20). The number of nitrogens with one attached hydrogen (secondary N) is 2. The van der Waals surface area contributed by atoms with Crippen LogP contribution in [0.3, 0.4) is 0 Å². The Balaban J connectivity index is 2.69. The number of aromatic nitrogens is 2. The van der Waals surface area contributed by atoms with E-state index in [1.54, 1.807) is 0 Å². The summed E-state index contributed by atoms with van der Waals surface area (Å²) < 4.78 is 38.7. The SMILES string of the molecule is CNc1c(Cl)c(=O)n(-c2cccc(C(F)(F)F)c2)[nH]c1=O. The Morgan fingerprint density at radius 2 is 1.95 bits per heavy atom. The molecule has 0 aliphatic carbocycles. The Morgan fingerprint density at radius 1 is 1.29 bits per heavy atom.